The number of amides is 9. The highest BCUT2D eigenvalue weighted by Gasteiger charge is 2.32. The Morgan fingerprint density at radius 1 is 0.657 bits per heavy atom. The number of carbonyl (C=O) groups excluding carboxylic acids is 9. The van der Waals surface area contributed by atoms with E-state index in [1.165, 1.54) is 6.92 Å². The number of hydrogen-bond acceptors (Lipinski definition) is 15. The summed E-state index contributed by atoms with van der Waals surface area (Å²) in [4.78, 5) is 123. The lowest BCUT2D eigenvalue weighted by molar-refractivity contribution is -0.142. The Bertz CT molecular complexity index is 1830. The van der Waals surface area contributed by atoms with Gasteiger partial charge in [0.25, 0.3) is 11.8 Å². The highest BCUT2D eigenvalue weighted by atomic mass is 16.6. The first-order valence-electron chi connectivity index (χ1n) is 21.8. The average Bonchev–Trinajstić information content (AvgIpc) is 3.60. The number of urea groups is 1. The second kappa shape index (κ2) is 32.2. The highest BCUT2D eigenvalue weighted by Crippen LogP contribution is 2.13. The fourth-order valence-electron chi connectivity index (χ4n) is 5.88. The SMILES string of the molecule is CC(=O)OCc1ccc(NC(=O)[C@H](CCCNC(N)=O)NC(=O)C(NC(=O)C(CCC(=O)O)NC(=O)CCOCCOCCOCCOCCNC(=O)CCN2C(=O)C=CC2=O)C(C)C)cc1. The van der Waals surface area contributed by atoms with Gasteiger partial charge in [0.15, 0.2) is 0 Å². The van der Waals surface area contributed by atoms with Crippen LogP contribution in [0.4, 0.5) is 10.5 Å². The van der Waals surface area contributed by atoms with Gasteiger partial charge >= 0.3 is 18.0 Å². The number of ether oxygens (including phenoxy) is 5. The lowest BCUT2D eigenvalue weighted by Crippen LogP contribution is -2.58. The Labute approximate surface area is 388 Å². The molecule has 2 unspecified atom stereocenters. The Hall–Kier alpha value is -6.50. The van der Waals surface area contributed by atoms with Crippen LogP contribution in [0.5, 0.6) is 0 Å². The molecule has 1 aromatic carbocycles. The molecule has 1 aliphatic heterocycles. The highest BCUT2D eigenvalue weighted by molar-refractivity contribution is 6.13. The van der Waals surface area contributed by atoms with Gasteiger partial charge in [-0.25, -0.2) is 4.79 Å². The molecule has 0 aliphatic carbocycles. The zero-order chi connectivity index (χ0) is 49.6. The quantitative estimate of drug-likeness (QED) is 0.0230. The molecule has 2 rings (SSSR count). The standard InChI is InChI=1S/C43H64N8O16/c1-28(2)39(42(61)49-32(5-4-16-46-43(44)62)40(59)47-31-8-6-30(7-9-31)27-67-29(3)52)50-41(60)33(10-13-38(57)58)48-35(54)15-19-63-21-23-65-25-26-66-24-22-64-20-17-45-34(53)14-18-51-36(55)11-12-37(51)56/h6-9,11-12,28,32-33,39H,4-5,10,13-27H2,1-3H3,(H,45,53)(H,47,59)(H,48,54)(H,49,61)(H,50,60)(H,57,58)(H3,44,46,62)/t32-,33?,39?/m0/s1. The van der Waals surface area contributed by atoms with E-state index in [1.807, 2.05) is 0 Å². The van der Waals surface area contributed by atoms with Crippen LogP contribution >= 0.6 is 0 Å². The Morgan fingerprint density at radius 2 is 1.24 bits per heavy atom. The van der Waals surface area contributed by atoms with Crippen molar-refractivity contribution in [2.45, 2.75) is 84.0 Å². The van der Waals surface area contributed by atoms with Crippen molar-refractivity contribution in [3.05, 3.63) is 42.0 Å². The number of carbonyl (C=O) groups is 10. The zero-order valence-electron chi connectivity index (χ0n) is 38.1. The van der Waals surface area contributed by atoms with Crippen molar-refractivity contribution < 1.29 is 76.7 Å². The Balaban J connectivity index is 1.75. The molecule has 0 saturated heterocycles. The predicted octanol–water partition coefficient (Wildman–Crippen LogP) is -1.00. The van der Waals surface area contributed by atoms with Gasteiger partial charge in [-0.15, -0.1) is 0 Å². The van der Waals surface area contributed by atoms with Crippen molar-refractivity contribution in [2.24, 2.45) is 11.7 Å². The van der Waals surface area contributed by atoms with Gasteiger partial charge in [0.05, 0.1) is 52.9 Å². The number of esters is 1. The molecule has 0 saturated carbocycles. The molecule has 24 nitrogen and oxygen atoms in total. The van der Waals surface area contributed by atoms with Crippen molar-refractivity contribution in [3.8, 4) is 0 Å². The number of anilines is 1. The number of benzene rings is 1. The number of carboxylic acids is 1. The van der Waals surface area contributed by atoms with Crippen molar-refractivity contribution in [1.29, 1.82) is 0 Å². The largest absolute Gasteiger partial charge is 0.481 e. The van der Waals surface area contributed by atoms with E-state index >= 15 is 0 Å². The normalized spacial score (nSPS) is 13.3. The van der Waals surface area contributed by atoms with Crippen molar-refractivity contribution in [3.63, 3.8) is 0 Å². The molecule has 3 atom stereocenters. The molecule has 0 aromatic heterocycles. The van der Waals surface area contributed by atoms with E-state index in [2.05, 4.69) is 31.9 Å². The van der Waals surface area contributed by atoms with E-state index < -0.39 is 83.9 Å². The first-order valence-corrected chi connectivity index (χ1v) is 21.8. The van der Waals surface area contributed by atoms with E-state index in [9.17, 15) is 53.1 Å². The molecule has 372 valence electrons. The maximum absolute atomic E-state index is 13.7. The molecule has 67 heavy (non-hydrogen) atoms. The van der Waals surface area contributed by atoms with Gasteiger partial charge < -0.3 is 66.4 Å². The monoisotopic (exact) mass is 948 g/mol. The van der Waals surface area contributed by atoms with Crippen LogP contribution in [0.3, 0.4) is 0 Å². The van der Waals surface area contributed by atoms with Crippen molar-refractivity contribution in [2.75, 3.05) is 77.8 Å². The van der Waals surface area contributed by atoms with Crippen molar-refractivity contribution in [1.82, 2.24) is 31.5 Å². The molecule has 1 aliphatic rings. The summed E-state index contributed by atoms with van der Waals surface area (Å²) in [5, 5.41) is 24.8. The third kappa shape index (κ3) is 25.1. The Kier molecular flexibility index (Phi) is 27.2. The summed E-state index contributed by atoms with van der Waals surface area (Å²) in [6.07, 6.45) is 1.67. The van der Waals surface area contributed by atoms with Crippen LogP contribution in [0.2, 0.25) is 0 Å². The van der Waals surface area contributed by atoms with Crippen LogP contribution in [0.1, 0.15) is 64.9 Å². The predicted molar refractivity (Wildman–Crippen MR) is 236 cm³/mol. The average molecular weight is 949 g/mol. The summed E-state index contributed by atoms with van der Waals surface area (Å²) in [5.74, 6) is -6.17. The third-order valence-electron chi connectivity index (χ3n) is 9.43. The first-order chi connectivity index (χ1) is 32.0. The molecular formula is C43H64N8O16. The number of nitrogens with two attached hydrogens (primary N) is 1. The van der Waals surface area contributed by atoms with Crippen LogP contribution in [0.15, 0.2) is 36.4 Å². The summed E-state index contributed by atoms with van der Waals surface area (Å²) in [5.41, 5.74) is 6.20. The lowest BCUT2D eigenvalue weighted by Gasteiger charge is -2.27. The maximum Gasteiger partial charge on any atom is 0.312 e. The van der Waals surface area contributed by atoms with E-state index in [4.69, 9.17) is 29.4 Å². The maximum atomic E-state index is 13.7. The number of rotatable bonds is 35. The number of hydrogen-bond donors (Lipinski definition) is 8. The molecule has 1 aromatic rings. The number of aliphatic carboxylic acids is 1. The molecular weight excluding hydrogens is 885 g/mol. The minimum Gasteiger partial charge on any atom is -0.481 e. The van der Waals surface area contributed by atoms with Gasteiger partial charge in [-0.2, -0.15) is 0 Å². The molecule has 0 spiro atoms. The van der Waals surface area contributed by atoms with Gasteiger partial charge in [-0.05, 0) is 42.9 Å². The fourth-order valence-corrected chi connectivity index (χ4v) is 5.88. The van der Waals surface area contributed by atoms with Gasteiger partial charge in [0.2, 0.25) is 29.5 Å². The molecule has 0 bridgehead atoms. The van der Waals surface area contributed by atoms with Crippen LogP contribution in [0.25, 0.3) is 0 Å². The van der Waals surface area contributed by atoms with E-state index in [0.29, 0.717) is 11.3 Å². The number of carboxylic acid groups (broad SMARTS) is 1. The molecule has 9 amide bonds. The number of imide groups is 1. The van der Waals surface area contributed by atoms with E-state index in [0.717, 1.165) is 17.1 Å². The second-order valence-corrected chi connectivity index (χ2v) is 15.2. The zero-order valence-corrected chi connectivity index (χ0v) is 38.1. The second-order valence-electron chi connectivity index (χ2n) is 15.2. The third-order valence-corrected chi connectivity index (χ3v) is 9.43. The van der Waals surface area contributed by atoms with Crippen LogP contribution in [-0.2, 0) is 73.4 Å². The summed E-state index contributed by atoms with van der Waals surface area (Å²) < 4.78 is 26.7. The van der Waals surface area contributed by atoms with Crippen LogP contribution in [-0.4, -0.2) is 160 Å². The van der Waals surface area contributed by atoms with E-state index in [1.54, 1.807) is 38.1 Å². The molecule has 1 heterocycles. The lowest BCUT2D eigenvalue weighted by atomic mass is 10.0. The number of nitrogens with zero attached hydrogens (tertiary/aromatic N) is 1. The number of primary amides is 1. The number of nitrogens with one attached hydrogen (secondary N) is 6. The summed E-state index contributed by atoms with van der Waals surface area (Å²) in [7, 11) is 0. The van der Waals surface area contributed by atoms with Gasteiger partial charge in [-0.3, -0.25) is 48.1 Å². The summed E-state index contributed by atoms with van der Waals surface area (Å²) in [6.45, 7) is 6.58. The molecule has 0 radical (unpaired) electrons. The van der Waals surface area contributed by atoms with Crippen LogP contribution < -0.4 is 37.6 Å². The van der Waals surface area contributed by atoms with Gasteiger partial charge in [0, 0.05) is 63.7 Å². The van der Waals surface area contributed by atoms with Gasteiger partial charge in [-0.1, -0.05) is 26.0 Å². The van der Waals surface area contributed by atoms with Crippen LogP contribution in [0, 0.1) is 5.92 Å². The molecule has 9 N–H and O–H groups in total. The smallest absolute Gasteiger partial charge is 0.312 e. The molecule has 24 heteroatoms. The minimum absolute atomic E-state index is 0.00191. The van der Waals surface area contributed by atoms with E-state index in [-0.39, 0.29) is 117 Å². The summed E-state index contributed by atoms with van der Waals surface area (Å²) >= 11 is 0. The summed E-state index contributed by atoms with van der Waals surface area (Å²) in [6, 6.07) is 1.99. The fraction of sp³-hybridized carbons (Fsp3) is 0.581. The topological polar surface area (TPSA) is 339 Å². The van der Waals surface area contributed by atoms with Crippen molar-refractivity contribution >= 4 is 65.0 Å². The Morgan fingerprint density at radius 3 is 1.81 bits per heavy atom. The van der Waals surface area contributed by atoms with Gasteiger partial charge in [0.1, 0.15) is 24.7 Å². The molecule has 0 fully saturated rings. The first kappa shape index (κ1) is 56.6. The minimum atomic E-state index is -1.33.